The van der Waals surface area contributed by atoms with Crippen molar-refractivity contribution in [2.24, 2.45) is 5.73 Å². The average Bonchev–Trinajstić information content (AvgIpc) is 2.46. The Bertz CT molecular complexity index is 406. The first-order chi connectivity index (χ1) is 5.79. The maximum absolute atomic E-state index is 5.40. The molecule has 0 aliphatic rings. The topological polar surface area (TPSA) is 52.0 Å². The van der Waals surface area contributed by atoms with Crippen molar-refractivity contribution in [1.29, 1.82) is 0 Å². The van der Waals surface area contributed by atoms with Crippen LogP contribution in [-0.2, 0) is 6.54 Å². The van der Waals surface area contributed by atoms with Gasteiger partial charge in [0, 0.05) is 0 Å². The van der Waals surface area contributed by atoms with Crippen molar-refractivity contribution in [3.05, 3.63) is 29.7 Å². The van der Waals surface area contributed by atoms with Crippen LogP contribution in [0, 0.1) is 6.92 Å². The molecule has 1 heterocycles. The standard InChI is InChI=1S/C9H10N2O/c1-6-2-3-7-8(4-6)12-9(5-10)11-7/h2-4H,5,10H2,1H3. The molecule has 0 amide bonds. The van der Waals surface area contributed by atoms with Crippen LogP contribution in [0.5, 0.6) is 0 Å². The summed E-state index contributed by atoms with van der Waals surface area (Å²) in [6, 6.07) is 5.90. The molecule has 0 radical (unpaired) electrons. The normalized spacial score (nSPS) is 10.8. The summed E-state index contributed by atoms with van der Waals surface area (Å²) in [6.45, 7) is 2.37. The Labute approximate surface area is 70.2 Å². The van der Waals surface area contributed by atoms with Gasteiger partial charge in [-0.1, -0.05) is 6.07 Å². The zero-order valence-corrected chi connectivity index (χ0v) is 6.87. The number of oxazole rings is 1. The molecule has 0 saturated heterocycles. The summed E-state index contributed by atoms with van der Waals surface area (Å²) in [6.07, 6.45) is 0. The van der Waals surface area contributed by atoms with E-state index < -0.39 is 0 Å². The van der Waals surface area contributed by atoms with Gasteiger partial charge in [0.05, 0.1) is 6.54 Å². The third-order valence-corrected chi connectivity index (χ3v) is 1.76. The number of nitrogens with two attached hydrogens (primary N) is 1. The molecule has 0 atom stereocenters. The Morgan fingerprint density at radius 3 is 3.08 bits per heavy atom. The van der Waals surface area contributed by atoms with Crippen LogP contribution in [0.1, 0.15) is 11.5 Å². The van der Waals surface area contributed by atoms with Crippen molar-refractivity contribution in [2.75, 3.05) is 0 Å². The predicted molar refractivity (Wildman–Crippen MR) is 46.6 cm³/mol. The van der Waals surface area contributed by atoms with Crippen LogP contribution in [0.4, 0.5) is 0 Å². The number of fused-ring (bicyclic) bond motifs is 1. The van der Waals surface area contributed by atoms with Crippen LogP contribution in [0.3, 0.4) is 0 Å². The number of aryl methyl sites for hydroxylation is 1. The second kappa shape index (κ2) is 2.60. The minimum absolute atomic E-state index is 0.355. The molecule has 1 aromatic heterocycles. The summed E-state index contributed by atoms with van der Waals surface area (Å²) in [5.41, 5.74) is 8.26. The molecule has 2 N–H and O–H groups in total. The third-order valence-electron chi connectivity index (χ3n) is 1.76. The molecule has 0 fully saturated rings. The lowest BCUT2D eigenvalue weighted by molar-refractivity contribution is 0.533. The van der Waals surface area contributed by atoms with Crippen LogP contribution < -0.4 is 5.73 Å². The van der Waals surface area contributed by atoms with Gasteiger partial charge in [0.15, 0.2) is 5.58 Å². The van der Waals surface area contributed by atoms with E-state index in [0.717, 1.165) is 11.1 Å². The number of hydrogen-bond donors (Lipinski definition) is 1. The van der Waals surface area contributed by atoms with Gasteiger partial charge in [0.25, 0.3) is 0 Å². The van der Waals surface area contributed by atoms with Crippen molar-refractivity contribution in [1.82, 2.24) is 4.98 Å². The Kier molecular flexibility index (Phi) is 1.59. The second-order valence-corrected chi connectivity index (χ2v) is 2.78. The minimum Gasteiger partial charge on any atom is -0.439 e. The maximum Gasteiger partial charge on any atom is 0.209 e. The molecular weight excluding hydrogens is 152 g/mol. The van der Waals surface area contributed by atoms with Crippen molar-refractivity contribution >= 4 is 11.1 Å². The molecule has 3 nitrogen and oxygen atoms in total. The van der Waals surface area contributed by atoms with Gasteiger partial charge in [0.1, 0.15) is 5.52 Å². The molecule has 3 heteroatoms. The molecule has 2 aromatic rings. The lowest BCUT2D eigenvalue weighted by Gasteiger charge is -1.87. The number of nitrogens with zero attached hydrogens (tertiary/aromatic N) is 1. The Balaban J connectivity index is 2.67. The van der Waals surface area contributed by atoms with Crippen molar-refractivity contribution in [3.8, 4) is 0 Å². The number of benzene rings is 1. The summed E-state index contributed by atoms with van der Waals surface area (Å²) in [5, 5.41) is 0. The lowest BCUT2D eigenvalue weighted by atomic mass is 10.2. The molecule has 0 saturated carbocycles. The first-order valence-corrected chi connectivity index (χ1v) is 3.86. The van der Waals surface area contributed by atoms with E-state index in [0.29, 0.717) is 12.4 Å². The van der Waals surface area contributed by atoms with E-state index in [-0.39, 0.29) is 0 Å². The van der Waals surface area contributed by atoms with Crippen LogP contribution in [0.15, 0.2) is 22.6 Å². The summed E-state index contributed by atoms with van der Waals surface area (Å²) < 4.78 is 5.36. The van der Waals surface area contributed by atoms with Crippen LogP contribution in [0.2, 0.25) is 0 Å². The summed E-state index contributed by atoms with van der Waals surface area (Å²) in [5.74, 6) is 0.593. The largest absolute Gasteiger partial charge is 0.439 e. The van der Waals surface area contributed by atoms with Crippen molar-refractivity contribution < 1.29 is 4.42 Å². The Hall–Kier alpha value is -1.35. The van der Waals surface area contributed by atoms with Gasteiger partial charge in [-0.05, 0) is 24.6 Å². The predicted octanol–water partition coefficient (Wildman–Crippen LogP) is 1.59. The Morgan fingerprint density at radius 2 is 2.33 bits per heavy atom. The first-order valence-electron chi connectivity index (χ1n) is 3.86. The quantitative estimate of drug-likeness (QED) is 0.692. The maximum atomic E-state index is 5.40. The van der Waals surface area contributed by atoms with E-state index in [9.17, 15) is 0 Å². The van der Waals surface area contributed by atoms with E-state index in [1.807, 2.05) is 25.1 Å². The minimum atomic E-state index is 0.355. The molecule has 62 valence electrons. The molecule has 0 unspecified atom stereocenters. The summed E-state index contributed by atoms with van der Waals surface area (Å²) in [4.78, 5) is 4.18. The molecule has 0 aliphatic heterocycles. The fraction of sp³-hybridized carbons (Fsp3) is 0.222. The van der Waals surface area contributed by atoms with Gasteiger partial charge in [-0.15, -0.1) is 0 Å². The van der Waals surface area contributed by atoms with Crippen LogP contribution in [0.25, 0.3) is 11.1 Å². The smallest absolute Gasteiger partial charge is 0.209 e. The zero-order valence-electron chi connectivity index (χ0n) is 6.87. The van der Waals surface area contributed by atoms with E-state index in [1.54, 1.807) is 0 Å². The molecule has 0 spiro atoms. The number of hydrogen-bond acceptors (Lipinski definition) is 3. The second-order valence-electron chi connectivity index (χ2n) is 2.78. The fourth-order valence-electron chi connectivity index (χ4n) is 1.17. The van der Waals surface area contributed by atoms with Crippen LogP contribution >= 0.6 is 0 Å². The van der Waals surface area contributed by atoms with Gasteiger partial charge in [-0.2, -0.15) is 0 Å². The van der Waals surface area contributed by atoms with Crippen molar-refractivity contribution in [2.45, 2.75) is 13.5 Å². The number of rotatable bonds is 1. The van der Waals surface area contributed by atoms with E-state index in [2.05, 4.69) is 4.98 Å². The molecular formula is C9H10N2O. The number of aromatic nitrogens is 1. The third kappa shape index (κ3) is 1.08. The highest BCUT2D eigenvalue weighted by Gasteiger charge is 2.02. The molecule has 0 bridgehead atoms. The van der Waals surface area contributed by atoms with E-state index in [1.165, 1.54) is 5.56 Å². The average molecular weight is 162 g/mol. The molecule has 2 rings (SSSR count). The molecule has 0 aliphatic carbocycles. The van der Waals surface area contributed by atoms with Crippen LogP contribution in [-0.4, -0.2) is 4.98 Å². The van der Waals surface area contributed by atoms with Gasteiger partial charge in [0.2, 0.25) is 5.89 Å². The van der Waals surface area contributed by atoms with Gasteiger partial charge in [-0.3, -0.25) is 0 Å². The monoisotopic (exact) mass is 162 g/mol. The lowest BCUT2D eigenvalue weighted by Crippen LogP contribution is -1.94. The first kappa shape index (κ1) is 7.31. The molecule has 1 aromatic carbocycles. The summed E-state index contributed by atoms with van der Waals surface area (Å²) >= 11 is 0. The summed E-state index contributed by atoms with van der Waals surface area (Å²) in [7, 11) is 0. The van der Waals surface area contributed by atoms with E-state index in [4.69, 9.17) is 10.2 Å². The highest BCUT2D eigenvalue weighted by Crippen LogP contribution is 2.16. The van der Waals surface area contributed by atoms with Crippen molar-refractivity contribution in [3.63, 3.8) is 0 Å². The zero-order chi connectivity index (χ0) is 8.55. The van der Waals surface area contributed by atoms with Gasteiger partial charge >= 0.3 is 0 Å². The molecule has 12 heavy (non-hydrogen) atoms. The SMILES string of the molecule is Cc1ccc2nc(CN)oc2c1. The highest BCUT2D eigenvalue weighted by molar-refractivity contribution is 5.73. The fourth-order valence-corrected chi connectivity index (χ4v) is 1.17. The van der Waals surface area contributed by atoms with Gasteiger partial charge < -0.3 is 10.2 Å². The highest BCUT2D eigenvalue weighted by atomic mass is 16.3. The van der Waals surface area contributed by atoms with Gasteiger partial charge in [-0.25, -0.2) is 4.98 Å². The van der Waals surface area contributed by atoms with E-state index >= 15 is 0 Å². The Morgan fingerprint density at radius 1 is 1.50 bits per heavy atom.